The van der Waals surface area contributed by atoms with Crippen LogP contribution in [0.2, 0.25) is 0 Å². The van der Waals surface area contributed by atoms with Crippen LogP contribution in [0.5, 0.6) is 0 Å². The highest BCUT2D eigenvalue weighted by Gasteiger charge is 2.34. The Morgan fingerprint density at radius 1 is 1.26 bits per heavy atom. The van der Waals surface area contributed by atoms with Crippen molar-refractivity contribution in [2.45, 2.75) is 46.2 Å². The van der Waals surface area contributed by atoms with Gasteiger partial charge in [0, 0.05) is 18.6 Å². The maximum atomic E-state index is 3.70. The van der Waals surface area contributed by atoms with Gasteiger partial charge in [-0.15, -0.1) is 0 Å². The smallest absolute Gasteiger partial charge is 0.0484 e. The molecular formula is C17H28N2. The molecule has 0 saturated heterocycles. The molecule has 0 fully saturated rings. The molecule has 2 unspecified atom stereocenters. The number of rotatable bonds is 6. The van der Waals surface area contributed by atoms with E-state index in [4.69, 9.17) is 0 Å². The Bertz CT molecular complexity index is 400. The summed E-state index contributed by atoms with van der Waals surface area (Å²) in [7, 11) is 0. The Morgan fingerprint density at radius 2 is 2.00 bits per heavy atom. The largest absolute Gasteiger partial charge is 0.309 e. The number of hydrogen-bond donors (Lipinski definition) is 1. The topological polar surface area (TPSA) is 15.3 Å². The normalized spacial score (nSPS) is 22.2. The Morgan fingerprint density at radius 3 is 2.63 bits per heavy atom. The van der Waals surface area contributed by atoms with Crippen molar-refractivity contribution < 1.29 is 0 Å². The minimum Gasteiger partial charge on any atom is -0.309 e. The van der Waals surface area contributed by atoms with Crippen molar-refractivity contribution in [2.24, 2.45) is 5.92 Å². The first-order chi connectivity index (χ1) is 9.17. The highest BCUT2D eigenvalue weighted by Crippen LogP contribution is 2.34. The standard InChI is InChI=1S/C17H28N2/c1-5-18-17-15-10-8-7-9-14(15)11-16(17)19(6-2)12-13(3)4/h7-10,13,16-18H,5-6,11-12H2,1-4H3. The molecule has 0 aromatic heterocycles. The van der Waals surface area contributed by atoms with Crippen molar-refractivity contribution in [3.8, 4) is 0 Å². The number of nitrogens with zero attached hydrogens (tertiary/aromatic N) is 1. The van der Waals surface area contributed by atoms with Gasteiger partial charge in [-0.05, 0) is 36.6 Å². The van der Waals surface area contributed by atoms with Crippen LogP contribution in [-0.2, 0) is 6.42 Å². The molecule has 2 nitrogen and oxygen atoms in total. The Kier molecular flexibility index (Phi) is 5.00. The maximum Gasteiger partial charge on any atom is 0.0484 e. The van der Waals surface area contributed by atoms with E-state index in [1.54, 1.807) is 0 Å². The van der Waals surface area contributed by atoms with Gasteiger partial charge in [0.1, 0.15) is 0 Å². The molecule has 0 amide bonds. The fourth-order valence-electron chi connectivity index (χ4n) is 3.35. The fourth-order valence-corrected chi connectivity index (χ4v) is 3.35. The molecule has 0 heterocycles. The monoisotopic (exact) mass is 260 g/mol. The predicted octanol–water partition coefficient (Wildman–Crippen LogP) is 3.24. The van der Waals surface area contributed by atoms with Gasteiger partial charge in [-0.1, -0.05) is 52.0 Å². The molecule has 2 heteroatoms. The molecule has 1 aliphatic carbocycles. The van der Waals surface area contributed by atoms with E-state index in [0.717, 1.165) is 19.0 Å². The van der Waals surface area contributed by atoms with E-state index < -0.39 is 0 Å². The molecule has 0 spiro atoms. The Labute approximate surface area is 118 Å². The summed E-state index contributed by atoms with van der Waals surface area (Å²) >= 11 is 0. The van der Waals surface area contributed by atoms with Gasteiger partial charge in [0.2, 0.25) is 0 Å². The minimum atomic E-state index is 0.500. The zero-order valence-electron chi connectivity index (χ0n) is 12.8. The fraction of sp³-hybridized carbons (Fsp3) is 0.647. The summed E-state index contributed by atoms with van der Waals surface area (Å²) < 4.78 is 0. The van der Waals surface area contributed by atoms with E-state index in [1.165, 1.54) is 24.1 Å². The molecule has 19 heavy (non-hydrogen) atoms. The molecular weight excluding hydrogens is 232 g/mol. The highest BCUT2D eigenvalue weighted by molar-refractivity contribution is 5.37. The Balaban J connectivity index is 2.21. The highest BCUT2D eigenvalue weighted by atomic mass is 15.2. The number of fused-ring (bicyclic) bond motifs is 1. The predicted molar refractivity (Wildman–Crippen MR) is 82.4 cm³/mol. The second kappa shape index (κ2) is 6.53. The first kappa shape index (κ1) is 14.5. The van der Waals surface area contributed by atoms with Crippen LogP contribution in [0.1, 0.15) is 44.9 Å². The molecule has 0 saturated carbocycles. The summed E-state index contributed by atoms with van der Waals surface area (Å²) in [5, 5.41) is 3.70. The second-order valence-electron chi connectivity index (χ2n) is 5.99. The average Bonchev–Trinajstić information content (AvgIpc) is 2.75. The zero-order valence-corrected chi connectivity index (χ0v) is 12.8. The third-order valence-electron chi connectivity index (χ3n) is 4.10. The number of hydrogen-bond acceptors (Lipinski definition) is 2. The number of nitrogens with one attached hydrogen (secondary N) is 1. The van der Waals surface area contributed by atoms with Gasteiger partial charge in [-0.2, -0.15) is 0 Å². The summed E-state index contributed by atoms with van der Waals surface area (Å²) in [4.78, 5) is 2.65. The summed E-state index contributed by atoms with van der Waals surface area (Å²) in [5.41, 5.74) is 3.04. The van der Waals surface area contributed by atoms with Gasteiger partial charge >= 0.3 is 0 Å². The molecule has 1 N–H and O–H groups in total. The quantitative estimate of drug-likeness (QED) is 0.844. The second-order valence-corrected chi connectivity index (χ2v) is 5.99. The van der Waals surface area contributed by atoms with Crippen LogP contribution >= 0.6 is 0 Å². The molecule has 0 aliphatic heterocycles. The molecule has 2 rings (SSSR count). The molecule has 1 aromatic carbocycles. The third-order valence-corrected chi connectivity index (χ3v) is 4.10. The van der Waals surface area contributed by atoms with Crippen molar-refractivity contribution in [1.29, 1.82) is 0 Å². The average molecular weight is 260 g/mol. The van der Waals surface area contributed by atoms with Crippen LogP contribution < -0.4 is 5.32 Å². The summed E-state index contributed by atoms with van der Waals surface area (Å²) in [5.74, 6) is 0.728. The van der Waals surface area contributed by atoms with E-state index in [1.807, 2.05) is 0 Å². The number of benzene rings is 1. The third kappa shape index (κ3) is 3.18. The molecule has 0 bridgehead atoms. The van der Waals surface area contributed by atoms with Gasteiger partial charge in [0.15, 0.2) is 0 Å². The van der Waals surface area contributed by atoms with Crippen LogP contribution in [-0.4, -0.2) is 30.6 Å². The maximum absolute atomic E-state index is 3.70. The van der Waals surface area contributed by atoms with Crippen LogP contribution in [0.4, 0.5) is 0 Å². The van der Waals surface area contributed by atoms with Gasteiger partial charge in [0.05, 0.1) is 0 Å². The Hall–Kier alpha value is -0.860. The minimum absolute atomic E-state index is 0.500. The van der Waals surface area contributed by atoms with Crippen LogP contribution in [0.3, 0.4) is 0 Å². The van der Waals surface area contributed by atoms with Crippen LogP contribution in [0.15, 0.2) is 24.3 Å². The molecule has 1 aromatic rings. The lowest BCUT2D eigenvalue weighted by Gasteiger charge is -2.34. The number of likely N-dealkylation sites (N-methyl/N-ethyl adjacent to an activating group) is 2. The van der Waals surface area contributed by atoms with Crippen molar-refractivity contribution in [3.05, 3.63) is 35.4 Å². The van der Waals surface area contributed by atoms with E-state index >= 15 is 0 Å². The van der Waals surface area contributed by atoms with E-state index in [9.17, 15) is 0 Å². The zero-order chi connectivity index (χ0) is 13.8. The lowest BCUT2D eigenvalue weighted by molar-refractivity contribution is 0.157. The van der Waals surface area contributed by atoms with Gasteiger partial charge in [-0.25, -0.2) is 0 Å². The van der Waals surface area contributed by atoms with Crippen molar-refractivity contribution in [2.75, 3.05) is 19.6 Å². The molecule has 106 valence electrons. The van der Waals surface area contributed by atoms with Gasteiger partial charge in [0.25, 0.3) is 0 Å². The van der Waals surface area contributed by atoms with E-state index in [0.29, 0.717) is 12.1 Å². The van der Waals surface area contributed by atoms with Crippen molar-refractivity contribution in [1.82, 2.24) is 10.2 Å². The molecule has 0 radical (unpaired) electrons. The van der Waals surface area contributed by atoms with E-state index in [-0.39, 0.29) is 0 Å². The lowest BCUT2D eigenvalue weighted by atomic mass is 10.0. The molecule has 2 atom stereocenters. The van der Waals surface area contributed by atoms with E-state index in [2.05, 4.69) is 62.2 Å². The van der Waals surface area contributed by atoms with Gasteiger partial charge < -0.3 is 5.32 Å². The summed E-state index contributed by atoms with van der Waals surface area (Å²) in [6.45, 7) is 12.5. The lowest BCUT2D eigenvalue weighted by Crippen LogP contribution is -2.44. The van der Waals surface area contributed by atoms with Crippen LogP contribution in [0.25, 0.3) is 0 Å². The summed E-state index contributed by atoms with van der Waals surface area (Å²) in [6.07, 6.45) is 1.19. The molecule has 1 aliphatic rings. The SMILES string of the molecule is CCNC1c2ccccc2CC1N(CC)CC(C)C. The van der Waals surface area contributed by atoms with Crippen LogP contribution in [0, 0.1) is 5.92 Å². The van der Waals surface area contributed by atoms with Crippen molar-refractivity contribution in [3.63, 3.8) is 0 Å². The summed E-state index contributed by atoms with van der Waals surface area (Å²) in [6, 6.07) is 10.0. The first-order valence-corrected chi connectivity index (χ1v) is 7.72. The first-order valence-electron chi connectivity index (χ1n) is 7.72. The van der Waals surface area contributed by atoms with Crippen molar-refractivity contribution >= 4 is 0 Å². The van der Waals surface area contributed by atoms with Gasteiger partial charge in [-0.3, -0.25) is 4.90 Å².